The molecule has 1 aromatic heterocycles. The molecule has 0 aliphatic rings. The number of nitrogens with zero attached hydrogens (tertiary/aromatic N) is 1. The molecule has 0 bridgehead atoms. The van der Waals surface area contributed by atoms with Crippen LogP contribution in [0.4, 0.5) is 5.69 Å². The SMILES string of the molecule is Cc1ccc(O)c(NC(=O)CCc2cccc(Oc3ccnc(C(N)=O)c3)c2)c1. The number of phenols is 1. The van der Waals surface area contributed by atoms with E-state index < -0.39 is 5.91 Å². The number of primary amides is 1. The molecule has 2 aromatic carbocycles. The predicted molar refractivity (Wildman–Crippen MR) is 109 cm³/mol. The van der Waals surface area contributed by atoms with Crippen LogP contribution in [-0.2, 0) is 11.2 Å². The Morgan fingerprint density at radius 2 is 1.90 bits per heavy atom. The van der Waals surface area contributed by atoms with Crippen LogP contribution in [0.3, 0.4) is 0 Å². The Kier molecular flexibility index (Phi) is 6.09. The lowest BCUT2D eigenvalue weighted by Crippen LogP contribution is -2.12. The molecule has 0 radical (unpaired) electrons. The summed E-state index contributed by atoms with van der Waals surface area (Å²) in [5.74, 6) is 0.221. The second-order valence-electron chi connectivity index (χ2n) is 6.56. The molecule has 0 spiro atoms. The molecule has 0 fully saturated rings. The zero-order chi connectivity index (χ0) is 20.8. The van der Waals surface area contributed by atoms with Crippen LogP contribution >= 0.6 is 0 Å². The zero-order valence-electron chi connectivity index (χ0n) is 15.9. The third-order valence-corrected chi connectivity index (χ3v) is 4.18. The van der Waals surface area contributed by atoms with Gasteiger partial charge in [-0.05, 0) is 54.8 Å². The van der Waals surface area contributed by atoms with Gasteiger partial charge in [-0.25, -0.2) is 0 Å². The van der Waals surface area contributed by atoms with E-state index in [4.69, 9.17) is 10.5 Å². The van der Waals surface area contributed by atoms with Crippen LogP contribution < -0.4 is 15.8 Å². The molecule has 1 heterocycles. The Hall–Kier alpha value is -3.87. The Morgan fingerprint density at radius 3 is 2.69 bits per heavy atom. The van der Waals surface area contributed by atoms with Crippen LogP contribution in [0.1, 0.15) is 28.0 Å². The van der Waals surface area contributed by atoms with Crippen molar-refractivity contribution >= 4 is 17.5 Å². The van der Waals surface area contributed by atoms with E-state index in [0.717, 1.165) is 11.1 Å². The lowest BCUT2D eigenvalue weighted by atomic mass is 10.1. The molecule has 7 nitrogen and oxygen atoms in total. The topological polar surface area (TPSA) is 115 Å². The summed E-state index contributed by atoms with van der Waals surface area (Å²) in [4.78, 5) is 27.3. The number of aryl methyl sites for hydroxylation is 2. The molecule has 0 aliphatic heterocycles. The molecule has 0 unspecified atom stereocenters. The highest BCUT2D eigenvalue weighted by atomic mass is 16.5. The maximum absolute atomic E-state index is 12.2. The van der Waals surface area contributed by atoms with E-state index in [1.165, 1.54) is 12.3 Å². The highest BCUT2D eigenvalue weighted by molar-refractivity contribution is 5.92. The summed E-state index contributed by atoms with van der Waals surface area (Å²) >= 11 is 0. The van der Waals surface area contributed by atoms with Gasteiger partial charge in [-0.3, -0.25) is 14.6 Å². The molecular formula is C22H21N3O4. The molecule has 29 heavy (non-hydrogen) atoms. The number of nitrogens with two attached hydrogens (primary N) is 1. The van der Waals surface area contributed by atoms with Crippen LogP contribution in [0, 0.1) is 6.92 Å². The number of carbonyl (C=O) groups excluding carboxylic acids is 2. The van der Waals surface area contributed by atoms with Crippen molar-refractivity contribution in [1.82, 2.24) is 4.98 Å². The van der Waals surface area contributed by atoms with Gasteiger partial charge in [-0.1, -0.05) is 18.2 Å². The van der Waals surface area contributed by atoms with Gasteiger partial charge in [0.1, 0.15) is 22.9 Å². The minimum Gasteiger partial charge on any atom is -0.506 e. The van der Waals surface area contributed by atoms with Crippen molar-refractivity contribution in [3.63, 3.8) is 0 Å². The van der Waals surface area contributed by atoms with Crippen LogP contribution in [0.5, 0.6) is 17.2 Å². The molecule has 0 saturated heterocycles. The van der Waals surface area contributed by atoms with Crippen molar-refractivity contribution < 1.29 is 19.4 Å². The first-order valence-corrected chi connectivity index (χ1v) is 9.03. The third kappa shape index (κ3) is 5.55. The minimum atomic E-state index is -0.630. The first kappa shape index (κ1) is 19.9. The monoisotopic (exact) mass is 391 g/mol. The Morgan fingerprint density at radius 1 is 1.10 bits per heavy atom. The lowest BCUT2D eigenvalue weighted by Gasteiger charge is -2.10. The second kappa shape index (κ2) is 8.88. The van der Waals surface area contributed by atoms with Gasteiger partial charge in [0.05, 0.1) is 5.69 Å². The summed E-state index contributed by atoms with van der Waals surface area (Å²) < 4.78 is 5.76. The van der Waals surface area contributed by atoms with Crippen molar-refractivity contribution in [2.45, 2.75) is 19.8 Å². The summed E-state index contributed by atoms with van der Waals surface area (Å²) in [6, 6.07) is 15.5. The highest BCUT2D eigenvalue weighted by Gasteiger charge is 2.09. The van der Waals surface area contributed by atoms with Gasteiger partial charge in [0.25, 0.3) is 5.91 Å². The maximum atomic E-state index is 12.2. The number of nitrogens with one attached hydrogen (secondary N) is 1. The number of aromatic nitrogens is 1. The number of hydrogen-bond acceptors (Lipinski definition) is 5. The largest absolute Gasteiger partial charge is 0.506 e. The van der Waals surface area contributed by atoms with Crippen molar-refractivity contribution in [2.75, 3.05) is 5.32 Å². The van der Waals surface area contributed by atoms with E-state index in [0.29, 0.717) is 23.6 Å². The van der Waals surface area contributed by atoms with E-state index in [9.17, 15) is 14.7 Å². The number of ether oxygens (including phenoxy) is 1. The van der Waals surface area contributed by atoms with Gasteiger partial charge >= 0.3 is 0 Å². The third-order valence-electron chi connectivity index (χ3n) is 4.18. The fraction of sp³-hybridized carbons (Fsp3) is 0.136. The number of anilines is 1. The van der Waals surface area contributed by atoms with Crippen LogP contribution in [-0.4, -0.2) is 21.9 Å². The molecule has 0 aliphatic carbocycles. The standard InChI is InChI=1S/C22H21N3O4/c1-14-5-7-20(26)18(11-14)25-21(27)8-6-15-3-2-4-16(12-15)29-17-9-10-24-19(13-17)22(23)28/h2-5,7,9-13,26H,6,8H2,1H3,(H2,23,28)(H,25,27). The lowest BCUT2D eigenvalue weighted by molar-refractivity contribution is -0.116. The van der Waals surface area contributed by atoms with Gasteiger partial charge in [-0.2, -0.15) is 0 Å². The van der Waals surface area contributed by atoms with E-state index in [2.05, 4.69) is 10.3 Å². The molecule has 0 atom stereocenters. The quantitative estimate of drug-likeness (QED) is 0.533. The second-order valence-corrected chi connectivity index (χ2v) is 6.56. The summed E-state index contributed by atoms with van der Waals surface area (Å²) in [5.41, 5.74) is 7.60. The fourth-order valence-corrected chi connectivity index (χ4v) is 2.73. The van der Waals surface area contributed by atoms with Crippen molar-refractivity contribution in [2.24, 2.45) is 5.73 Å². The average Bonchev–Trinajstić information content (AvgIpc) is 2.70. The number of amides is 2. The smallest absolute Gasteiger partial charge is 0.267 e. The van der Waals surface area contributed by atoms with Crippen LogP contribution in [0.25, 0.3) is 0 Å². The van der Waals surface area contributed by atoms with Crippen LogP contribution in [0.15, 0.2) is 60.8 Å². The molecule has 3 rings (SSSR count). The fourth-order valence-electron chi connectivity index (χ4n) is 2.73. The number of aromatic hydroxyl groups is 1. The van der Waals surface area contributed by atoms with E-state index in [1.807, 2.05) is 25.1 Å². The van der Waals surface area contributed by atoms with Gasteiger partial charge in [0.2, 0.25) is 5.91 Å². The van der Waals surface area contributed by atoms with E-state index in [1.54, 1.807) is 30.3 Å². The molecule has 7 heteroatoms. The van der Waals surface area contributed by atoms with Crippen molar-refractivity contribution in [1.29, 1.82) is 0 Å². The first-order valence-electron chi connectivity index (χ1n) is 9.03. The van der Waals surface area contributed by atoms with Gasteiger partial charge < -0.3 is 20.9 Å². The molecule has 2 amide bonds. The number of benzene rings is 2. The number of phenolic OH excluding ortho intramolecular Hbond substituents is 1. The van der Waals surface area contributed by atoms with Gasteiger partial charge in [0.15, 0.2) is 0 Å². The van der Waals surface area contributed by atoms with Gasteiger partial charge in [-0.15, -0.1) is 0 Å². The Balaban J connectivity index is 1.61. The molecular weight excluding hydrogens is 370 g/mol. The number of carbonyl (C=O) groups is 2. The minimum absolute atomic E-state index is 0.0343. The number of hydrogen-bond donors (Lipinski definition) is 3. The molecule has 3 aromatic rings. The number of rotatable bonds is 7. The summed E-state index contributed by atoms with van der Waals surface area (Å²) in [5, 5.41) is 12.6. The average molecular weight is 391 g/mol. The normalized spacial score (nSPS) is 10.4. The van der Waals surface area contributed by atoms with E-state index in [-0.39, 0.29) is 23.8 Å². The number of pyridine rings is 1. The summed E-state index contributed by atoms with van der Waals surface area (Å²) in [7, 11) is 0. The van der Waals surface area contributed by atoms with Crippen molar-refractivity contribution in [3.05, 3.63) is 77.6 Å². The molecule has 4 N–H and O–H groups in total. The van der Waals surface area contributed by atoms with Crippen molar-refractivity contribution in [3.8, 4) is 17.2 Å². The Labute approximate surface area is 168 Å². The van der Waals surface area contributed by atoms with Crippen LogP contribution in [0.2, 0.25) is 0 Å². The maximum Gasteiger partial charge on any atom is 0.267 e. The van der Waals surface area contributed by atoms with Gasteiger partial charge in [0, 0.05) is 18.7 Å². The highest BCUT2D eigenvalue weighted by Crippen LogP contribution is 2.25. The molecule has 148 valence electrons. The summed E-state index contributed by atoms with van der Waals surface area (Å²) in [6.45, 7) is 1.88. The Bertz CT molecular complexity index is 1050. The molecule has 0 saturated carbocycles. The summed E-state index contributed by atoms with van der Waals surface area (Å²) in [6.07, 6.45) is 2.20. The first-order chi connectivity index (χ1) is 13.9. The predicted octanol–water partition coefficient (Wildman–Crippen LogP) is 3.56. The zero-order valence-corrected chi connectivity index (χ0v) is 15.9. The van der Waals surface area contributed by atoms with E-state index >= 15 is 0 Å².